The average Bonchev–Trinajstić information content (AvgIpc) is 2.45. The lowest BCUT2D eigenvalue weighted by atomic mass is 10.0. The third-order valence-electron chi connectivity index (χ3n) is 2.98. The van der Waals surface area contributed by atoms with Crippen LogP contribution in [0.2, 0.25) is 0 Å². The average molecular weight is 305 g/mol. The Morgan fingerprint density at radius 1 is 1.24 bits per heavy atom. The summed E-state index contributed by atoms with van der Waals surface area (Å²) in [6, 6.07) is 3.72. The highest BCUT2D eigenvalue weighted by molar-refractivity contribution is 5.75. The third-order valence-corrected chi connectivity index (χ3v) is 2.98. The van der Waals surface area contributed by atoms with Crippen LogP contribution in [0.3, 0.4) is 0 Å². The van der Waals surface area contributed by atoms with Gasteiger partial charge in [0.05, 0.1) is 25.3 Å². The van der Waals surface area contributed by atoms with Crippen molar-refractivity contribution in [3.63, 3.8) is 0 Å². The van der Waals surface area contributed by atoms with E-state index >= 15 is 0 Å². The monoisotopic (exact) mass is 305 g/mol. The van der Waals surface area contributed by atoms with Gasteiger partial charge in [0.25, 0.3) is 0 Å². The number of esters is 1. The summed E-state index contributed by atoms with van der Waals surface area (Å²) in [6.07, 6.45) is -4.37. The Kier molecular flexibility index (Phi) is 6.17. The van der Waals surface area contributed by atoms with Crippen LogP contribution >= 0.6 is 0 Å². The second-order valence-corrected chi connectivity index (χ2v) is 4.54. The molecule has 0 unspecified atom stereocenters. The molecule has 0 aromatic heterocycles. The topological polar surface area (TPSA) is 47.6 Å². The maximum atomic E-state index is 12.5. The minimum atomic E-state index is -4.37. The van der Waals surface area contributed by atoms with Crippen LogP contribution in [0.25, 0.3) is 0 Å². The van der Waals surface area contributed by atoms with Gasteiger partial charge in [-0.3, -0.25) is 10.1 Å². The minimum Gasteiger partial charge on any atom is -0.468 e. The fourth-order valence-electron chi connectivity index (χ4n) is 1.86. The summed E-state index contributed by atoms with van der Waals surface area (Å²) >= 11 is 0. The highest BCUT2D eigenvalue weighted by Gasteiger charge is 2.30. The molecule has 0 amide bonds. The van der Waals surface area contributed by atoms with Crippen molar-refractivity contribution >= 4 is 5.97 Å². The standard InChI is InChI=1S/C14H18F3NO3/c1-9(13(19)21-3)18-12(8-20-2)10-4-6-11(7-5-10)14(15,16)17/h4-7,9,12,18H,8H2,1-3H3/t9-,12-/m0/s1. The van der Waals surface area contributed by atoms with Crippen molar-refractivity contribution in [2.75, 3.05) is 20.8 Å². The van der Waals surface area contributed by atoms with Crippen molar-refractivity contribution in [2.45, 2.75) is 25.2 Å². The molecule has 21 heavy (non-hydrogen) atoms. The van der Waals surface area contributed by atoms with E-state index in [0.717, 1.165) is 12.1 Å². The molecular formula is C14H18F3NO3. The number of hydrogen-bond acceptors (Lipinski definition) is 4. The van der Waals surface area contributed by atoms with Crippen LogP contribution < -0.4 is 5.32 Å². The number of nitrogens with one attached hydrogen (secondary N) is 1. The van der Waals surface area contributed by atoms with E-state index in [4.69, 9.17) is 4.74 Å². The summed E-state index contributed by atoms with van der Waals surface area (Å²) in [4.78, 5) is 11.4. The predicted octanol–water partition coefficient (Wildman–Crippen LogP) is 2.54. The fraction of sp³-hybridized carbons (Fsp3) is 0.500. The van der Waals surface area contributed by atoms with E-state index in [9.17, 15) is 18.0 Å². The summed E-state index contributed by atoms with van der Waals surface area (Å²) < 4.78 is 47.2. The molecule has 118 valence electrons. The molecule has 1 N–H and O–H groups in total. The van der Waals surface area contributed by atoms with E-state index in [0.29, 0.717) is 5.56 Å². The summed E-state index contributed by atoms with van der Waals surface area (Å²) in [6.45, 7) is 1.82. The van der Waals surface area contributed by atoms with Crippen LogP contribution in [-0.4, -0.2) is 32.8 Å². The molecule has 1 aromatic carbocycles. The van der Waals surface area contributed by atoms with Crippen molar-refractivity contribution in [2.24, 2.45) is 0 Å². The molecule has 0 aliphatic heterocycles. The summed E-state index contributed by atoms with van der Waals surface area (Å²) in [7, 11) is 2.74. The van der Waals surface area contributed by atoms with Crippen LogP contribution in [-0.2, 0) is 20.4 Å². The number of ether oxygens (including phenoxy) is 2. The van der Waals surface area contributed by atoms with Crippen molar-refractivity contribution in [3.05, 3.63) is 35.4 Å². The lowest BCUT2D eigenvalue weighted by molar-refractivity contribution is -0.143. The summed E-state index contributed by atoms with van der Waals surface area (Å²) in [5.74, 6) is -0.456. The van der Waals surface area contributed by atoms with Gasteiger partial charge in [0.1, 0.15) is 6.04 Å². The first-order valence-corrected chi connectivity index (χ1v) is 6.29. The number of hydrogen-bond donors (Lipinski definition) is 1. The van der Waals surface area contributed by atoms with Crippen molar-refractivity contribution in [3.8, 4) is 0 Å². The molecule has 1 rings (SSSR count). The molecule has 0 saturated carbocycles. The molecule has 0 radical (unpaired) electrons. The van der Waals surface area contributed by atoms with Crippen molar-refractivity contribution < 1.29 is 27.4 Å². The van der Waals surface area contributed by atoms with Crippen LogP contribution in [0, 0.1) is 0 Å². The van der Waals surface area contributed by atoms with Gasteiger partial charge in [-0.2, -0.15) is 13.2 Å². The zero-order valence-electron chi connectivity index (χ0n) is 12.0. The summed E-state index contributed by atoms with van der Waals surface area (Å²) in [5.41, 5.74) is -0.121. The molecule has 1 aromatic rings. The zero-order chi connectivity index (χ0) is 16.0. The normalized spacial score (nSPS) is 14.6. The molecule has 0 aliphatic rings. The predicted molar refractivity (Wildman–Crippen MR) is 70.7 cm³/mol. The second-order valence-electron chi connectivity index (χ2n) is 4.54. The first kappa shape index (κ1) is 17.5. The summed E-state index contributed by atoms with van der Waals surface area (Å²) in [5, 5.41) is 2.96. The number of benzene rings is 1. The Balaban J connectivity index is 2.88. The highest BCUT2D eigenvalue weighted by Crippen LogP contribution is 2.30. The van der Waals surface area contributed by atoms with Crippen molar-refractivity contribution in [1.82, 2.24) is 5.32 Å². The van der Waals surface area contributed by atoms with Gasteiger partial charge in [0, 0.05) is 7.11 Å². The first-order valence-electron chi connectivity index (χ1n) is 6.29. The number of rotatable bonds is 6. The molecule has 4 nitrogen and oxygen atoms in total. The number of carbonyl (C=O) groups excluding carboxylic acids is 1. The van der Waals surface area contributed by atoms with Gasteiger partial charge >= 0.3 is 12.1 Å². The molecule has 0 bridgehead atoms. The van der Waals surface area contributed by atoms with Gasteiger partial charge in [-0.25, -0.2) is 0 Å². The maximum absolute atomic E-state index is 12.5. The minimum absolute atomic E-state index is 0.215. The Morgan fingerprint density at radius 3 is 2.24 bits per heavy atom. The third kappa shape index (κ3) is 5.02. The number of methoxy groups -OCH3 is 2. The largest absolute Gasteiger partial charge is 0.468 e. The van der Waals surface area contributed by atoms with Crippen LogP contribution in [0.15, 0.2) is 24.3 Å². The van der Waals surface area contributed by atoms with Gasteiger partial charge in [-0.1, -0.05) is 12.1 Å². The Labute approximate surface area is 121 Å². The molecule has 0 spiro atoms. The van der Waals surface area contributed by atoms with Crippen molar-refractivity contribution in [1.29, 1.82) is 0 Å². The van der Waals surface area contributed by atoms with Crippen LogP contribution in [0.4, 0.5) is 13.2 Å². The highest BCUT2D eigenvalue weighted by atomic mass is 19.4. The molecule has 7 heteroatoms. The van der Waals surface area contributed by atoms with Gasteiger partial charge in [0.15, 0.2) is 0 Å². The second kappa shape index (κ2) is 7.42. The van der Waals surface area contributed by atoms with E-state index < -0.39 is 29.8 Å². The van der Waals surface area contributed by atoms with Gasteiger partial charge in [0.2, 0.25) is 0 Å². The molecule has 0 aliphatic carbocycles. The molecule has 0 saturated heterocycles. The fourth-order valence-corrected chi connectivity index (χ4v) is 1.86. The van der Waals surface area contributed by atoms with Gasteiger partial charge in [-0.05, 0) is 24.6 Å². The van der Waals surface area contributed by atoms with E-state index in [1.54, 1.807) is 6.92 Å². The lowest BCUT2D eigenvalue weighted by Gasteiger charge is -2.22. The lowest BCUT2D eigenvalue weighted by Crippen LogP contribution is -2.39. The molecule has 0 heterocycles. The zero-order valence-corrected chi connectivity index (χ0v) is 12.0. The smallest absolute Gasteiger partial charge is 0.416 e. The Morgan fingerprint density at radius 2 is 1.81 bits per heavy atom. The Hall–Kier alpha value is -1.60. The van der Waals surface area contributed by atoms with E-state index in [2.05, 4.69) is 10.1 Å². The van der Waals surface area contributed by atoms with E-state index in [1.807, 2.05) is 0 Å². The van der Waals surface area contributed by atoms with Gasteiger partial charge < -0.3 is 9.47 Å². The first-order chi connectivity index (χ1) is 9.79. The quantitative estimate of drug-likeness (QED) is 0.821. The Bertz CT molecular complexity index is 460. The van der Waals surface area contributed by atoms with E-state index in [1.165, 1.54) is 26.4 Å². The molecule has 2 atom stereocenters. The number of alkyl halides is 3. The van der Waals surface area contributed by atoms with Crippen LogP contribution in [0.1, 0.15) is 24.1 Å². The number of carbonyl (C=O) groups is 1. The van der Waals surface area contributed by atoms with E-state index in [-0.39, 0.29) is 6.61 Å². The van der Waals surface area contributed by atoms with Crippen LogP contribution in [0.5, 0.6) is 0 Å². The molecule has 0 fully saturated rings. The maximum Gasteiger partial charge on any atom is 0.416 e. The molecular weight excluding hydrogens is 287 g/mol. The van der Waals surface area contributed by atoms with Gasteiger partial charge in [-0.15, -0.1) is 0 Å². The SMILES string of the molecule is COC[C@H](N[C@@H](C)C(=O)OC)c1ccc(C(F)(F)F)cc1. The number of halogens is 3.